The van der Waals surface area contributed by atoms with Crippen LogP contribution in [-0.2, 0) is 0 Å². The van der Waals surface area contributed by atoms with E-state index in [-0.39, 0.29) is 0 Å². The zero-order valence-electron chi connectivity index (χ0n) is 28.8. The van der Waals surface area contributed by atoms with Gasteiger partial charge in [0.2, 0.25) is 0 Å². The molecule has 13 rings (SSSR count). The first-order chi connectivity index (χ1) is 26.8. The summed E-state index contributed by atoms with van der Waals surface area (Å²) in [6.45, 7) is 0. The summed E-state index contributed by atoms with van der Waals surface area (Å²) < 4.78 is 7.79. The molecule has 54 heavy (non-hydrogen) atoms. The quantitative estimate of drug-likeness (QED) is 0.163. The summed E-state index contributed by atoms with van der Waals surface area (Å²) in [7, 11) is 0. The molecule has 0 fully saturated rings. The molecule has 5 heterocycles. The van der Waals surface area contributed by atoms with Crippen LogP contribution in [0.1, 0.15) is 0 Å². The van der Waals surface area contributed by atoms with E-state index in [0.29, 0.717) is 5.27 Å². The molecule has 2 nitrogen and oxygen atoms in total. The third-order valence-corrected chi connectivity index (χ3v) is 15.4. The highest BCUT2D eigenvalue weighted by atomic mass is 32.2. The summed E-state index contributed by atoms with van der Waals surface area (Å²) >= 11 is 5.93. The minimum atomic E-state index is 0.306. The van der Waals surface area contributed by atoms with Crippen molar-refractivity contribution in [3.63, 3.8) is 0 Å². The highest BCUT2D eigenvalue weighted by Crippen LogP contribution is 2.53. The van der Waals surface area contributed by atoms with E-state index in [0.717, 1.165) is 0 Å². The third kappa shape index (κ3) is 3.85. The van der Waals surface area contributed by atoms with E-state index >= 15 is 0 Å². The van der Waals surface area contributed by atoms with E-state index in [4.69, 9.17) is 0 Å². The van der Waals surface area contributed by atoms with Crippen molar-refractivity contribution < 1.29 is 0 Å². The minimum Gasteiger partial charge on any atom is -0.308 e. The van der Waals surface area contributed by atoms with Crippen LogP contribution >= 0.6 is 34.6 Å². The number of benzene rings is 8. The third-order valence-electron chi connectivity index (χ3n) is 11.5. The van der Waals surface area contributed by atoms with Crippen LogP contribution in [0, 0.1) is 0 Å². The van der Waals surface area contributed by atoms with Crippen LogP contribution in [0.15, 0.2) is 174 Å². The number of para-hydroxylation sites is 3. The van der Waals surface area contributed by atoms with Crippen LogP contribution in [0.2, 0.25) is 0 Å². The maximum Gasteiger partial charge on any atom is 0.318 e. The molecule has 0 unspecified atom stereocenters. The molecule has 0 amide bonds. The van der Waals surface area contributed by atoms with E-state index in [1.807, 2.05) is 34.6 Å². The number of hydrogen-bond donors (Lipinski definition) is 0. The standard InChI is InChI=1S/C48H27BN2S3/c1-2-14-28(15-3-1)50-37-21-9-4-18-32(37)42-46-43(48-44(47(42)50)34-20-8-11-23-39(34)52-48)33-19-5-10-22-38(33)51(46)29-26-35-30-16-6-12-24-40(30)53-49-45(35)36(27-29)31-17-7-13-25-41(31)54-49/h1-27H. The Kier molecular flexibility index (Phi) is 6.04. The van der Waals surface area contributed by atoms with Gasteiger partial charge in [0, 0.05) is 62.9 Å². The molecule has 0 N–H and O–H groups in total. The number of aromatic nitrogens is 2. The molecule has 6 heteroatoms. The van der Waals surface area contributed by atoms with Gasteiger partial charge in [0.05, 0.1) is 22.1 Å². The average Bonchev–Trinajstić information content (AvgIpc) is 3.89. The summed E-state index contributed by atoms with van der Waals surface area (Å²) in [4.78, 5) is 2.71. The Morgan fingerprint density at radius 3 is 1.57 bits per heavy atom. The Balaban J connectivity index is 1.29. The molecule has 0 saturated heterocycles. The van der Waals surface area contributed by atoms with Crippen molar-refractivity contribution in [1.29, 1.82) is 0 Å². The fourth-order valence-corrected chi connectivity index (χ4v) is 13.6. The molecule has 250 valence electrons. The fraction of sp³-hybridized carbons (Fsp3) is 0. The van der Waals surface area contributed by atoms with Gasteiger partial charge in [0.15, 0.2) is 0 Å². The van der Waals surface area contributed by atoms with Crippen LogP contribution in [0.4, 0.5) is 0 Å². The Labute approximate surface area is 323 Å². The lowest BCUT2D eigenvalue weighted by Gasteiger charge is -2.32. The molecule has 8 aromatic carbocycles. The minimum absolute atomic E-state index is 0.306. The fourth-order valence-electron chi connectivity index (χ4n) is 9.42. The van der Waals surface area contributed by atoms with Crippen LogP contribution < -0.4 is 5.46 Å². The molecule has 0 saturated carbocycles. The summed E-state index contributed by atoms with van der Waals surface area (Å²) in [5.41, 5.74) is 14.2. The van der Waals surface area contributed by atoms with E-state index in [1.54, 1.807) is 0 Å². The zero-order valence-corrected chi connectivity index (χ0v) is 31.2. The molecule has 3 aromatic heterocycles. The van der Waals surface area contributed by atoms with Crippen molar-refractivity contribution in [2.75, 3.05) is 0 Å². The van der Waals surface area contributed by atoms with Gasteiger partial charge in [0.25, 0.3) is 0 Å². The van der Waals surface area contributed by atoms with Crippen LogP contribution in [-0.4, -0.2) is 14.4 Å². The summed E-state index contributed by atoms with van der Waals surface area (Å²) in [6.07, 6.45) is 0. The van der Waals surface area contributed by atoms with Crippen LogP contribution in [0.3, 0.4) is 0 Å². The molecule has 2 aliphatic rings. The van der Waals surface area contributed by atoms with E-state index in [2.05, 4.69) is 173 Å². The topological polar surface area (TPSA) is 9.86 Å². The lowest BCUT2D eigenvalue weighted by molar-refractivity contribution is 1.18. The smallest absolute Gasteiger partial charge is 0.308 e. The largest absolute Gasteiger partial charge is 0.318 e. The van der Waals surface area contributed by atoms with Crippen molar-refractivity contribution in [3.05, 3.63) is 164 Å². The summed E-state index contributed by atoms with van der Waals surface area (Å²) in [5, 5.41) is 8.15. The van der Waals surface area contributed by atoms with Crippen LogP contribution in [0.25, 0.3) is 97.4 Å². The van der Waals surface area contributed by atoms with Crippen LogP contribution in [0.5, 0.6) is 0 Å². The van der Waals surface area contributed by atoms with Gasteiger partial charge in [-0.05, 0) is 82.3 Å². The number of hydrogen-bond acceptors (Lipinski definition) is 3. The summed E-state index contributed by atoms with van der Waals surface area (Å²) in [5.74, 6) is 0. The van der Waals surface area contributed by atoms with Gasteiger partial charge in [-0.3, -0.25) is 0 Å². The second kappa shape index (κ2) is 11.0. The zero-order chi connectivity index (χ0) is 35.1. The van der Waals surface area contributed by atoms with E-state index in [1.165, 1.54) is 113 Å². The maximum atomic E-state index is 2.61. The molecule has 0 radical (unpaired) electrons. The van der Waals surface area contributed by atoms with E-state index < -0.39 is 0 Å². The first-order valence-electron chi connectivity index (χ1n) is 18.4. The lowest BCUT2D eigenvalue weighted by Crippen LogP contribution is -2.33. The van der Waals surface area contributed by atoms with Crippen molar-refractivity contribution in [2.45, 2.75) is 9.79 Å². The second-order valence-corrected chi connectivity index (χ2v) is 17.9. The first kappa shape index (κ1) is 29.8. The Hall–Kier alpha value is -5.66. The molecular formula is C48H27BN2S3. The van der Waals surface area contributed by atoms with Gasteiger partial charge >= 0.3 is 5.27 Å². The number of thiophene rings is 1. The van der Waals surface area contributed by atoms with Crippen molar-refractivity contribution in [1.82, 2.24) is 9.13 Å². The maximum absolute atomic E-state index is 2.61. The molecule has 0 bridgehead atoms. The SMILES string of the molecule is c1ccc(-n2c3ccccc3c3c4c(c5ccccc5n4-c4cc5c6c(c4)-c4ccccc4SB6Sc4ccccc4-5)c4sc5ccccc5c4c32)cc1. The number of rotatable bonds is 2. The number of nitrogens with zero attached hydrogens (tertiary/aromatic N) is 2. The highest BCUT2D eigenvalue weighted by Gasteiger charge is 2.37. The molecule has 0 atom stereocenters. The monoisotopic (exact) mass is 738 g/mol. The Morgan fingerprint density at radius 1 is 0.407 bits per heavy atom. The predicted octanol–water partition coefficient (Wildman–Crippen LogP) is 13.5. The molecule has 2 aliphatic heterocycles. The highest BCUT2D eigenvalue weighted by molar-refractivity contribution is 8.56. The van der Waals surface area contributed by atoms with Gasteiger partial charge in [0.1, 0.15) is 0 Å². The lowest BCUT2D eigenvalue weighted by atomic mass is 9.77. The van der Waals surface area contributed by atoms with Crippen molar-refractivity contribution in [3.8, 4) is 33.6 Å². The molecule has 0 spiro atoms. The van der Waals surface area contributed by atoms with E-state index in [9.17, 15) is 0 Å². The van der Waals surface area contributed by atoms with Crippen molar-refractivity contribution in [2.24, 2.45) is 0 Å². The first-order valence-corrected chi connectivity index (χ1v) is 20.9. The average molecular weight is 739 g/mol. The molecular weight excluding hydrogens is 712 g/mol. The van der Waals surface area contributed by atoms with Gasteiger partial charge in [-0.15, -0.1) is 11.3 Å². The molecule has 11 aromatic rings. The van der Waals surface area contributed by atoms with Gasteiger partial charge in [-0.25, -0.2) is 0 Å². The normalized spacial score (nSPS) is 13.4. The summed E-state index contributed by atoms with van der Waals surface area (Å²) in [6, 6.07) is 61.1. The second-order valence-electron chi connectivity index (χ2n) is 14.3. The predicted molar refractivity (Wildman–Crippen MR) is 236 cm³/mol. The van der Waals surface area contributed by atoms with Gasteiger partial charge < -0.3 is 9.13 Å². The Bertz CT molecular complexity index is 3340. The number of fused-ring (bicyclic) bond motifs is 16. The van der Waals surface area contributed by atoms with Gasteiger partial charge in [-0.1, -0.05) is 109 Å². The molecule has 0 aliphatic carbocycles. The Morgan fingerprint density at radius 2 is 0.907 bits per heavy atom. The van der Waals surface area contributed by atoms with Gasteiger partial charge in [-0.2, -0.15) is 23.2 Å². The van der Waals surface area contributed by atoms with Crippen molar-refractivity contribution >= 4 is 109 Å².